The topological polar surface area (TPSA) is 55.1 Å². The van der Waals surface area contributed by atoms with Gasteiger partial charge in [-0.15, -0.1) is 0 Å². The molecule has 0 heterocycles. The average molecular weight is 284 g/mol. The van der Waals surface area contributed by atoms with Crippen LogP contribution in [0.4, 0.5) is 10.1 Å². The molecule has 21 heavy (non-hydrogen) atoms. The van der Waals surface area contributed by atoms with Gasteiger partial charge in [-0.1, -0.05) is 24.3 Å². The minimum atomic E-state index is -0.580. The molecule has 2 aromatic carbocycles. The van der Waals surface area contributed by atoms with Crippen LogP contribution < -0.4 is 11.1 Å². The summed E-state index contributed by atoms with van der Waals surface area (Å²) < 4.78 is 13.8. The highest BCUT2D eigenvalue weighted by atomic mass is 19.1. The molecule has 0 aromatic heterocycles. The van der Waals surface area contributed by atoms with E-state index in [0.717, 1.165) is 19.3 Å². The number of anilines is 1. The molecule has 4 heteroatoms. The van der Waals surface area contributed by atoms with E-state index >= 15 is 0 Å². The van der Waals surface area contributed by atoms with E-state index in [1.165, 1.54) is 29.3 Å². The maximum Gasteiger partial charge on any atom is 0.254 e. The molecule has 0 saturated heterocycles. The Bertz CT molecular complexity index is 684. The third kappa shape index (κ3) is 2.89. The molecule has 1 atom stereocenters. The van der Waals surface area contributed by atoms with Crippen molar-refractivity contribution in [3.05, 3.63) is 65.0 Å². The van der Waals surface area contributed by atoms with Crippen molar-refractivity contribution in [2.24, 2.45) is 0 Å². The van der Waals surface area contributed by atoms with Crippen LogP contribution >= 0.6 is 0 Å². The highest BCUT2D eigenvalue weighted by Gasteiger charge is 2.21. The Hall–Kier alpha value is -2.36. The molecule has 0 saturated carbocycles. The Morgan fingerprint density at radius 2 is 1.95 bits per heavy atom. The van der Waals surface area contributed by atoms with E-state index in [1.807, 2.05) is 12.1 Å². The van der Waals surface area contributed by atoms with E-state index < -0.39 is 5.82 Å². The molecule has 0 fully saturated rings. The molecule has 3 N–H and O–H groups in total. The van der Waals surface area contributed by atoms with Gasteiger partial charge in [-0.05, 0) is 48.6 Å². The van der Waals surface area contributed by atoms with Crippen molar-refractivity contribution in [3.8, 4) is 0 Å². The summed E-state index contributed by atoms with van der Waals surface area (Å²) in [5.74, 6) is -0.958. The predicted molar refractivity (Wildman–Crippen MR) is 80.5 cm³/mol. The highest BCUT2D eigenvalue weighted by Crippen LogP contribution is 2.21. The summed E-state index contributed by atoms with van der Waals surface area (Å²) in [6, 6.07) is 12.4. The van der Waals surface area contributed by atoms with Crippen molar-refractivity contribution in [2.75, 3.05) is 5.73 Å². The molecular weight excluding hydrogens is 267 g/mol. The van der Waals surface area contributed by atoms with Crippen LogP contribution in [0, 0.1) is 5.82 Å². The molecule has 1 amide bonds. The second-order valence-corrected chi connectivity index (χ2v) is 5.42. The number of halogens is 1. The lowest BCUT2D eigenvalue weighted by Crippen LogP contribution is -2.39. The number of nitrogens with one attached hydrogen (secondary N) is 1. The van der Waals surface area contributed by atoms with Gasteiger partial charge in [-0.25, -0.2) is 4.39 Å². The summed E-state index contributed by atoms with van der Waals surface area (Å²) >= 11 is 0. The summed E-state index contributed by atoms with van der Waals surface area (Å²) in [4.78, 5) is 12.2. The van der Waals surface area contributed by atoms with E-state index in [4.69, 9.17) is 5.73 Å². The molecule has 108 valence electrons. The van der Waals surface area contributed by atoms with Gasteiger partial charge in [0.15, 0.2) is 0 Å². The van der Waals surface area contributed by atoms with Gasteiger partial charge in [0, 0.05) is 11.7 Å². The molecule has 1 aliphatic carbocycles. The normalized spacial score (nSPS) is 17.1. The van der Waals surface area contributed by atoms with Gasteiger partial charge in [0.25, 0.3) is 5.91 Å². The van der Waals surface area contributed by atoms with E-state index in [1.54, 1.807) is 0 Å². The fraction of sp³-hybridized carbons (Fsp3) is 0.235. The SMILES string of the molecule is Nc1ccc(C(=O)NC2CCc3ccccc3C2)c(F)c1. The third-order valence-corrected chi connectivity index (χ3v) is 3.92. The van der Waals surface area contributed by atoms with Gasteiger partial charge in [-0.2, -0.15) is 0 Å². The number of hydrogen-bond donors (Lipinski definition) is 2. The maximum atomic E-state index is 13.8. The van der Waals surface area contributed by atoms with Crippen molar-refractivity contribution in [2.45, 2.75) is 25.3 Å². The quantitative estimate of drug-likeness (QED) is 0.833. The molecule has 0 spiro atoms. The van der Waals surface area contributed by atoms with Crippen LogP contribution in [-0.2, 0) is 12.8 Å². The Morgan fingerprint density at radius 1 is 1.19 bits per heavy atom. The first-order valence-electron chi connectivity index (χ1n) is 7.06. The van der Waals surface area contributed by atoms with Crippen LogP contribution in [0.3, 0.4) is 0 Å². The number of fused-ring (bicyclic) bond motifs is 1. The number of rotatable bonds is 2. The predicted octanol–water partition coefficient (Wildman–Crippen LogP) is 2.70. The fourth-order valence-corrected chi connectivity index (χ4v) is 2.80. The number of hydrogen-bond acceptors (Lipinski definition) is 2. The first-order chi connectivity index (χ1) is 10.1. The van der Waals surface area contributed by atoms with E-state index in [9.17, 15) is 9.18 Å². The zero-order chi connectivity index (χ0) is 14.8. The molecule has 0 aliphatic heterocycles. The number of benzene rings is 2. The Morgan fingerprint density at radius 3 is 2.71 bits per heavy atom. The van der Waals surface area contributed by atoms with E-state index in [0.29, 0.717) is 5.69 Å². The van der Waals surface area contributed by atoms with E-state index in [-0.39, 0.29) is 17.5 Å². The van der Waals surface area contributed by atoms with Crippen molar-refractivity contribution < 1.29 is 9.18 Å². The van der Waals surface area contributed by atoms with Gasteiger partial charge in [0.1, 0.15) is 5.82 Å². The molecule has 0 radical (unpaired) electrons. The lowest BCUT2D eigenvalue weighted by atomic mass is 9.88. The largest absolute Gasteiger partial charge is 0.399 e. The zero-order valence-corrected chi connectivity index (χ0v) is 11.6. The van der Waals surface area contributed by atoms with Crippen LogP contribution in [0.2, 0.25) is 0 Å². The summed E-state index contributed by atoms with van der Waals surface area (Å²) in [5, 5.41) is 2.92. The smallest absolute Gasteiger partial charge is 0.254 e. The molecule has 1 unspecified atom stereocenters. The summed E-state index contributed by atoms with van der Waals surface area (Å²) in [6.07, 6.45) is 2.60. The monoisotopic (exact) mass is 284 g/mol. The Kier molecular flexibility index (Phi) is 3.60. The second kappa shape index (κ2) is 5.56. The number of nitrogens with two attached hydrogens (primary N) is 1. The van der Waals surface area contributed by atoms with Crippen LogP contribution in [0.15, 0.2) is 42.5 Å². The number of carbonyl (C=O) groups excluding carboxylic acids is 1. The van der Waals surface area contributed by atoms with Gasteiger partial charge < -0.3 is 11.1 Å². The first kappa shape index (κ1) is 13.6. The van der Waals surface area contributed by atoms with Crippen molar-refractivity contribution in [1.29, 1.82) is 0 Å². The second-order valence-electron chi connectivity index (χ2n) is 5.42. The lowest BCUT2D eigenvalue weighted by Gasteiger charge is -2.25. The Labute approximate surface area is 123 Å². The molecular formula is C17H17FN2O. The molecule has 0 bridgehead atoms. The number of amides is 1. The maximum absolute atomic E-state index is 13.8. The molecule has 2 aromatic rings. The standard InChI is InChI=1S/C17H17FN2O/c18-16-10-13(19)6-8-15(16)17(21)20-14-7-5-11-3-1-2-4-12(11)9-14/h1-4,6,8,10,14H,5,7,9,19H2,(H,20,21). The fourth-order valence-electron chi connectivity index (χ4n) is 2.80. The summed E-state index contributed by atoms with van der Waals surface area (Å²) in [7, 11) is 0. The zero-order valence-electron chi connectivity index (χ0n) is 11.6. The Balaban J connectivity index is 1.71. The summed E-state index contributed by atoms with van der Waals surface area (Å²) in [6.45, 7) is 0. The molecule has 3 rings (SSSR count). The molecule has 1 aliphatic rings. The van der Waals surface area contributed by atoms with Crippen LogP contribution in [0.25, 0.3) is 0 Å². The van der Waals surface area contributed by atoms with Crippen LogP contribution in [0.1, 0.15) is 27.9 Å². The van der Waals surface area contributed by atoms with Gasteiger partial charge in [0.2, 0.25) is 0 Å². The minimum Gasteiger partial charge on any atom is -0.399 e. The number of aryl methyl sites for hydroxylation is 1. The lowest BCUT2D eigenvalue weighted by molar-refractivity contribution is 0.0929. The van der Waals surface area contributed by atoms with Gasteiger partial charge in [-0.3, -0.25) is 4.79 Å². The average Bonchev–Trinajstić information content (AvgIpc) is 2.47. The molecule has 3 nitrogen and oxygen atoms in total. The van der Waals surface area contributed by atoms with Crippen molar-refractivity contribution >= 4 is 11.6 Å². The minimum absolute atomic E-state index is 0.0445. The van der Waals surface area contributed by atoms with E-state index in [2.05, 4.69) is 17.4 Å². The summed E-state index contributed by atoms with van der Waals surface area (Å²) in [5.41, 5.74) is 8.44. The van der Waals surface area contributed by atoms with Crippen molar-refractivity contribution in [3.63, 3.8) is 0 Å². The van der Waals surface area contributed by atoms with Gasteiger partial charge >= 0.3 is 0 Å². The first-order valence-corrected chi connectivity index (χ1v) is 7.06. The number of carbonyl (C=O) groups is 1. The number of nitrogen functional groups attached to an aromatic ring is 1. The van der Waals surface area contributed by atoms with Crippen molar-refractivity contribution in [1.82, 2.24) is 5.32 Å². The van der Waals surface area contributed by atoms with Gasteiger partial charge in [0.05, 0.1) is 5.56 Å². The third-order valence-electron chi connectivity index (χ3n) is 3.92. The van der Waals surface area contributed by atoms with Crippen LogP contribution in [-0.4, -0.2) is 11.9 Å². The highest BCUT2D eigenvalue weighted by molar-refractivity contribution is 5.95. The van der Waals surface area contributed by atoms with Crippen LogP contribution in [0.5, 0.6) is 0 Å².